The number of hydrogen-bond acceptors (Lipinski definition) is 7. The van der Waals surface area contributed by atoms with Gasteiger partial charge in [-0.1, -0.05) is 11.6 Å². The summed E-state index contributed by atoms with van der Waals surface area (Å²) in [5.41, 5.74) is 1.71. The molecule has 0 radical (unpaired) electrons. The number of thiazole rings is 1. The van der Waals surface area contributed by atoms with Crippen LogP contribution in [0.4, 0.5) is 11.4 Å². The minimum atomic E-state index is -0.348. The van der Waals surface area contributed by atoms with E-state index in [0.29, 0.717) is 32.7 Å². The highest BCUT2D eigenvalue weighted by Crippen LogP contribution is 2.33. The molecular formula is C21H15ClN4O3S2. The number of ether oxygens (including phenoxy) is 1. The van der Waals surface area contributed by atoms with Gasteiger partial charge in [-0.2, -0.15) is 0 Å². The lowest BCUT2D eigenvalue weighted by atomic mass is 10.2. The average Bonchev–Trinajstić information content (AvgIpc) is 3.44. The Balaban J connectivity index is 1.47. The van der Waals surface area contributed by atoms with E-state index >= 15 is 0 Å². The number of hydrogen-bond donors (Lipinski definition) is 2. The van der Waals surface area contributed by atoms with Crippen LogP contribution < -0.4 is 15.4 Å². The lowest BCUT2D eigenvalue weighted by molar-refractivity contribution is 0.101. The quantitative estimate of drug-likeness (QED) is 0.391. The molecular weight excluding hydrogens is 456 g/mol. The molecule has 0 saturated heterocycles. The van der Waals surface area contributed by atoms with E-state index in [2.05, 4.69) is 20.6 Å². The Morgan fingerprint density at radius 3 is 2.68 bits per heavy atom. The van der Waals surface area contributed by atoms with Gasteiger partial charge in [0.05, 0.1) is 27.6 Å². The molecule has 3 heterocycles. The third-order valence-corrected chi connectivity index (χ3v) is 6.39. The minimum absolute atomic E-state index is 0.303. The van der Waals surface area contributed by atoms with Crippen molar-refractivity contribution in [2.75, 3.05) is 17.7 Å². The number of carbonyl (C=O) groups is 2. The van der Waals surface area contributed by atoms with E-state index in [-0.39, 0.29) is 11.8 Å². The van der Waals surface area contributed by atoms with Crippen LogP contribution in [-0.4, -0.2) is 28.9 Å². The Morgan fingerprint density at radius 1 is 1.10 bits per heavy atom. The van der Waals surface area contributed by atoms with E-state index in [4.69, 9.17) is 16.3 Å². The average molecular weight is 471 g/mol. The highest BCUT2D eigenvalue weighted by atomic mass is 35.5. The molecule has 4 rings (SSSR count). The van der Waals surface area contributed by atoms with Crippen LogP contribution >= 0.6 is 34.3 Å². The molecule has 0 bridgehead atoms. The van der Waals surface area contributed by atoms with Crippen LogP contribution in [0.15, 0.2) is 60.2 Å². The van der Waals surface area contributed by atoms with Gasteiger partial charge in [0.15, 0.2) is 0 Å². The smallest absolute Gasteiger partial charge is 0.275 e. The second-order valence-corrected chi connectivity index (χ2v) is 8.78. The Labute approximate surface area is 190 Å². The van der Waals surface area contributed by atoms with Crippen molar-refractivity contribution in [2.45, 2.75) is 0 Å². The molecule has 156 valence electrons. The monoisotopic (exact) mass is 470 g/mol. The third kappa shape index (κ3) is 4.91. The van der Waals surface area contributed by atoms with Crippen LogP contribution in [0.2, 0.25) is 4.34 Å². The van der Waals surface area contributed by atoms with Gasteiger partial charge in [0.2, 0.25) is 0 Å². The molecule has 0 fully saturated rings. The summed E-state index contributed by atoms with van der Waals surface area (Å²) in [7, 11) is 1.49. The highest BCUT2D eigenvalue weighted by molar-refractivity contribution is 7.23. The number of halogens is 1. The van der Waals surface area contributed by atoms with Gasteiger partial charge in [-0.25, -0.2) is 4.98 Å². The first kappa shape index (κ1) is 21.0. The second kappa shape index (κ2) is 9.25. The molecule has 0 atom stereocenters. The summed E-state index contributed by atoms with van der Waals surface area (Å²) in [4.78, 5) is 34.2. The molecule has 3 aromatic heterocycles. The molecule has 0 aliphatic rings. The van der Waals surface area contributed by atoms with Gasteiger partial charge in [0, 0.05) is 29.5 Å². The van der Waals surface area contributed by atoms with Crippen molar-refractivity contribution in [1.29, 1.82) is 0 Å². The summed E-state index contributed by atoms with van der Waals surface area (Å²) in [6, 6.07) is 12.0. The summed E-state index contributed by atoms with van der Waals surface area (Å²) in [6.07, 6.45) is 3.07. The van der Waals surface area contributed by atoms with Gasteiger partial charge in [-0.15, -0.1) is 22.7 Å². The molecule has 0 aliphatic carbocycles. The van der Waals surface area contributed by atoms with Crippen molar-refractivity contribution in [3.8, 4) is 15.6 Å². The normalized spacial score (nSPS) is 10.5. The number of nitrogens with one attached hydrogen (secondary N) is 2. The van der Waals surface area contributed by atoms with E-state index in [1.165, 1.54) is 36.0 Å². The van der Waals surface area contributed by atoms with Crippen LogP contribution in [0, 0.1) is 0 Å². The summed E-state index contributed by atoms with van der Waals surface area (Å²) in [5.74, 6) is -0.256. The predicted molar refractivity (Wildman–Crippen MR) is 124 cm³/mol. The highest BCUT2D eigenvalue weighted by Gasteiger charge is 2.15. The number of benzene rings is 1. The van der Waals surface area contributed by atoms with Crippen molar-refractivity contribution in [3.05, 3.63) is 75.8 Å². The Hall–Kier alpha value is -3.27. The van der Waals surface area contributed by atoms with Gasteiger partial charge in [-0.3, -0.25) is 14.6 Å². The topological polar surface area (TPSA) is 93.2 Å². The molecule has 0 unspecified atom stereocenters. The fraction of sp³-hybridized carbons (Fsp3) is 0.0476. The van der Waals surface area contributed by atoms with E-state index in [0.717, 1.165) is 9.88 Å². The van der Waals surface area contributed by atoms with E-state index in [1.54, 1.807) is 48.0 Å². The van der Waals surface area contributed by atoms with E-state index in [1.807, 2.05) is 6.07 Å². The number of rotatable bonds is 6. The van der Waals surface area contributed by atoms with Crippen molar-refractivity contribution >= 4 is 57.5 Å². The molecule has 1 aromatic carbocycles. The van der Waals surface area contributed by atoms with Gasteiger partial charge in [0.25, 0.3) is 11.8 Å². The molecule has 4 aromatic rings. The molecule has 2 N–H and O–H groups in total. The number of nitrogens with zero attached hydrogens (tertiary/aromatic N) is 2. The molecule has 0 saturated carbocycles. The fourth-order valence-electron chi connectivity index (χ4n) is 2.68. The van der Waals surface area contributed by atoms with Crippen LogP contribution in [0.5, 0.6) is 5.75 Å². The number of thiophene rings is 1. The maximum absolute atomic E-state index is 12.6. The van der Waals surface area contributed by atoms with Crippen molar-refractivity contribution in [2.24, 2.45) is 0 Å². The first-order chi connectivity index (χ1) is 15.0. The molecule has 2 amide bonds. The Bertz CT molecular complexity index is 1240. The zero-order chi connectivity index (χ0) is 21.8. The van der Waals surface area contributed by atoms with Gasteiger partial charge in [0.1, 0.15) is 16.5 Å². The first-order valence-electron chi connectivity index (χ1n) is 8.95. The maximum Gasteiger partial charge on any atom is 0.275 e. The van der Waals surface area contributed by atoms with E-state index in [9.17, 15) is 9.59 Å². The summed E-state index contributed by atoms with van der Waals surface area (Å²) < 4.78 is 6.03. The number of methoxy groups -OCH3 is 1. The lowest BCUT2D eigenvalue weighted by Gasteiger charge is -2.12. The summed E-state index contributed by atoms with van der Waals surface area (Å²) in [6.45, 7) is 0. The van der Waals surface area contributed by atoms with Crippen molar-refractivity contribution < 1.29 is 14.3 Å². The van der Waals surface area contributed by atoms with Crippen LogP contribution in [0.25, 0.3) is 9.88 Å². The van der Waals surface area contributed by atoms with Crippen LogP contribution in [0.1, 0.15) is 20.8 Å². The Morgan fingerprint density at radius 2 is 1.97 bits per heavy atom. The number of aromatic nitrogens is 2. The summed E-state index contributed by atoms with van der Waals surface area (Å²) in [5, 5.41) is 7.99. The molecule has 10 heteroatoms. The van der Waals surface area contributed by atoms with Crippen molar-refractivity contribution in [3.63, 3.8) is 0 Å². The zero-order valence-corrected chi connectivity index (χ0v) is 18.5. The predicted octanol–water partition coefficient (Wildman–Crippen LogP) is 5.43. The van der Waals surface area contributed by atoms with Gasteiger partial charge < -0.3 is 15.4 Å². The molecule has 0 aliphatic heterocycles. The molecule has 7 nitrogen and oxygen atoms in total. The van der Waals surface area contributed by atoms with Crippen LogP contribution in [0.3, 0.4) is 0 Å². The summed E-state index contributed by atoms with van der Waals surface area (Å²) >= 11 is 8.75. The standard InChI is InChI=1S/C21H15ClN4O3S2/c1-29-16-9-13(4-5-14(16)25-19(27)12-3-2-8-23-10-12)24-20(28)15-11-30-21(26-15)17-6-7-18(22)31-17/h2-11H,1H3,(H,24,28)(H,25,27). The number of anilines is 2. The lowest BCUT2D eigenvalue weighted by Crippen LogP contribution is -2.14. The largest absolute Gasteiger partial charge is 0.494 e. The number of amides is 2. The van der Waals surface area contributed by atoms with Gasteiger partial charge >= 0.3 is 0 Å². The van der Waals surface area contributed by atoms with E-state index < -0.39 is 0 Å². The maximum atomic E-state index is 12.6. The molecule has 31 heavy (non-hydrogen) atoms. The van der Waals surface area contributed by atoms with Crippen molar-refractivity contribution in [1.82, 2.24) is 9.97 Å². The number of carbonyl (C=O) groups excluding carboxylic acids is 2. The fourth-order valence-corrected chi connectivity index (χ4v) is 4.59. The third-order valence-electron chi connectivity index (χ3n) is 4.15. The molecule has 0 spiro atoms. The Kier molecular flexibility index (Phi) is 6.26. The first-order valence-corrected chi connectivity index (χ1v) is 11.0. The zero-order valence-electron chi connectivity index (χ0n) is 16.1. The minimum Gasteiger partial charge on any atom is -0.494 e. The number of pyridine rings is 1. The SMILES string of the molecule is COc1cc(NC(=O)c2csc(-c3ccc(Cl)s3)n2)ccc1NC(=O)c1cccnc1. The second-order valence-electron chi connectivity index (χ2n) is 6.21. The van der Waals surface area contributed by atoms with Crippen LogP contribution in [-0.2, 0) is 0 Å². The van der Waals surface area contributed by atoms with Gasteiger partial charge in [-0.05, 0) is 36.4 Å².